The second kappa shape index (κ2) is 5.91. The smallest absolute Gasteiger partial charge is 0.287 e. The molecule has 1 N–H and O–H groups in total. The number of fused-ring (bicyclic) bond motifs is 1. The number of rotatable bonds is 5. The Morgan fingerprint density at radius 1 is 1.44 bits per heavy atom. The Bertz CT molecular complexity index is 500. The predicted molar refractivity (Wildman–Crippen MR) is 73.1 cm³/mol. The summed E-state index contributed by atoms with van der Waals surface area (Å²) >= 11 is 5.83. The van der Waals surface area contributed by atoms with Crippen molar-refractivity contribution in [2.24, 2.45) is 0 Å². The van der Waals surface area contributed by atoms with Crippen LogP contribution in [0.5, 0.6) is 0 Å². The molecular formula is C14H16ClNO2. The molecule has 2 rings (SSSR count). The lowest BCUT2D eigenvalue weighted by molar-refractivity contribution is 0.0927. The number of hydrogen-bond acceptors (Lipinski definition) is 2. The molecule has 1 heterocycles. The minimum atomic E-state index is -0.173. The highest BCUT2D eigenvalue weighted by Crippen LogP contribution is 2.18. The summed E-state index contributed by atoms with van der Waals surface area (Å²) in [5.41, 5.74) is 0.733. The summed E-state index contributed by atoms with van der Waals surface area (Å²) in [7, 11) is 0. The first-order valence-corrected chi connectivity index (χ1v) is 6.51. The van der Waals surface area contributed by atoms with Gasteiger partial charge in [-0.15, -0.1) is 11.6 Å². The number of furan rings is 1. The first-order chi connectivity index (χ1) is 8.66. The van der Waals surface area contributed by atoms with Crippen LogP contribution in [0.15, 0.2) is 34.7 Å². The molecule has 0 aliphatic carbocycles. The third-order valence-corrected chi connectivity index (χ3v) is 2.93. The summed E-state index contributed by atoms with van der Waals surface area (Å²) < 4.78 is 5.47. The quantitative estimate of drug-likeness (QED) is 0.663. The molecule has 3 nitrogen and oxygen atoms in total. The van der Waals surface area contributed by atoms with Crippen LogP contribution in [0.25, 0.3) is 11.0 Å². The van der Waals surface area contributed by atoms with Gasteiger partial charge < -0.3 is 9.73 Å². The molecule has 1 aromatic heterocycles. The maximum Gasteiger partial charge on any atom is 0.287 e. The van der Waals surface area contributed by atoms with Crippen molar-refractivity contribution in [3.8, 4) is 0 Å². The minimum absolute atomic E-state index is 0.146. The van der Waals surface area contributed by atoms with Crippen LogP contribution in [0.4, 0.5) is 0 Å². The van der Waals surface area contributed by atoms with E-state index in [1.54, 1.807) is 6.07 Å². The van der Waals surface area contributed by atoms with Crippen LogP contribution in [0.2, 0.25) is 0 Å². The van der Waals surface area contributed by atoms with Gasteiger partial charge in [-0.3, -0.25) is 4.79 Å². The van der Waals surface area contributed by atoms with E-state index in [-0.39, 0.29) is 11.3 Å². The van der Waals surface area contributed by atoms with Crippen molar-refractivity contribution in [3.05, 3.63) is 36.1 Å². The molecule has 1 unspecified atom stereocenters. The Morgan fingerprint density at radius 2 is 2.22 bits per heavy atom. The van der Waals surface area contributed by atoms with E-state index in [4.69, 9.17) is 16.0 Å². The highest BCUT2D eigenvalue weighted by Gasteiger charge is 2.11. The van der Waals surface area contributed by atoms with E-state index >= 15 is 0 Å². The summed E-state index contributed by atoms with van der Waals surface area (Å²) in [6.07, 6.45) is 1.76. The molecule has 0 aliphatic rings. The molecule has 2 aromatic rings. The number of alkyl halides is 1. The van der Waals surface area contributed by atoms with Gasteiger partial charge in [-0.25, -0.2) is 0 Å². The number of amides is 1. The number of hydrogen-bond donors (Lipinski definition) is 1. The Morgan fingerprint density at radius 3 is 2.94 bits per heavy atom. The van der Waals surface area contributed by atoms with Gasteiger partial charge in [0, 0.05) is 17.3 Å². The van der Waals surface area contributed by atoms with Crippen molar-refractivity contribution in [3.63, 3.8) is 0 Å². The van der Waals surface area contributed by atoms with E-state index in [9.17, 15) is 4.79 Å². The molecule has 0 radical (unpaired) electrons. The summed E-state index contributed by atoms with van der Waals surface area (Å²) in [5, 5.41) is 3.91. The van der Waals surface area contributed by atoms with Crippen LogP contribution < -0.4 is 5.32 Å². The second-order valence-corrected chi connectivity index (χ2v) is 5.07. The zero-order valence-electron chi connectivity index (χ0n) is 10.3. The van der Waals surface area contributed by atoms with E-state index in [0.717, 1.165) is 23.8 Å². The largest absolute Gasteiger partial charge is 0.451 e. The van der Waals surface area contributed by atoms with Gasteiger partial charge in [0.2, 0.25) is 0 Å². The first-order valence-electron chi connectivity index (χ1n) is 6.07. The zero-order chi connectivity index (χ0) is 13.0. The van der Waals surface area contributed by atoms with Crippen LogP contribution in [-0.4, -0.2) is 17.8 Å². The van der Waals surface area contributed by atoms with Gasteiger partial charge in [-0.1, -0.05) is 18.2 Å². The van der Waals surface area contributed by atoms with Gasteiger partial charge in [-0.2, -0.15) is 0 Å². The number of nitrogens with one attached hydrogen (secondary N) is 1. The average Bonchev–Trinajstić information content (AvgIpc) is 2.78. The number of carbonyl (C=O) groups is 1. The molecule has 0 spiro atoms. The maximum absolute atomic E-state index is 11.8. The third-order valence-electron chi connectivity index (χ3n) is 2.71. The standard InChI is InChI=1S/C14H16ClNO2/c1-10(15)5-4-8-16-14(17)13-9-11-6-2-3-7-12(11)18-13/h2-3,6-7,9-10H,4-5,8H2,1H3,(H,16,17). The molecule has 4 heteroatoms. The van der Waals surface area contributed by atoms with Crippen molar-refractivity contribution in [2.75, 3.05) is 6.54 Å². The van der Waals surface area contributed by atoms with E-state index in [0.29, 0.717) is 12.3 Å². The molecule has 1 atom stereocenters. The minimum Gasteiger partial charge on any atom is -0.451 e. The molecule has 1 amide bonds. The second-order valence-electron chi connectivity index (χ2n) is 4.33. The van der Waals surface area contributed by atoms with Crippen LogP contribution in [0.3, 0.4) is 0 Å². The third kappa shape index (κ3) is 3.26. The molecule has 0 bridgehead atoms. The Labute approximate surface area is 111 Å². The molecule has 1 aromatic carbocycles. The van der Waals surface area contributed by atoms with Gasteiger partial charge in [0.1, 0.15) is 5.58 Å². The SMILES string of the molecule is CC(Cl)CCCNC(=O)c1cc2ccccc2o1. The van der Waals surface area contributed by atoms with Crippen molar-refractivity contribution in [2.45, 2.75) is 25.1 Å². The van der Waals surface area contributed by atoms with E-state index in [2.05, 4.69) is 5.32 Å². The van der Waals surface area contributed by atoms with Gasteiger partial charge in [-0.05, 0) is 31.9 Å². The van der Waals surface area contributed by atoms with Crippen LogP contribution in [0.1, 0.15) is 30.3 Å². The van der Waals surface area contributed by atoms with Crippen molar-refractivity contribution < 1.29 is 9.21 Å². The molecule has 0 fully saturated rings. The maximum atomic E-state index is 11.8. The number of halogens is 1. The lowest BCUT2D eigenvalue weighted by atomic mass is 10.2. The van der Waals surface area contributed by atoms with Crippen LogP contribution in [0, 0.1) is 0 Å². The Hall–Kier alpha value is -1.48. The monoisotopic (exact) mass is 265 g/mol. The van der Waals surface area contributed by atoms with Crippen molar-refractivity contribution in [1.82, 2.24) is 5.32 Å². The van der Waals surface area contributed by atoms with E-state index < -0.39 is 0 Å². The molecule has 0 saturated heterocycles. The lowest BCUT2D eigenvalue weighted by Crippen LogP contribution is -2.24. The average molecular weight is 266 g/mol. The fourth-order valence-electron chi connectivity index (χ4n) is 1.77. The van der Waals surface area contributed by atoms with Crippen molar-refractivity contribution >= 4 is 28.5 Å². The lowest BCUT2D eigenvalue weighted by Gasteiger charge is -2.04. The summed E-state index contributed by atoms with van der Waals surface area (Å²) in [6.45, 7) is 2.57. The summed E-state index contributed by atoms with van der Waals surface area (Å²) in [5.74, 6) is 0.184. The first kappa shape index (κ1) is 13.0. The van der Waals surface area contributed by atoms with Gasteiger partial charge in [0.25, 0.3) is 5.91 Å². The highest BCUT2D eigenvalue weighted by atomic mass is 35.5. The van der Waals surface area contributed by atoms with Crippen molar-refractivity contribution in [1.29, 1.82) is 0 Å². The molecule has 96 valence electrons. The number of para-hydroxylation sites is 1. The number of benzene rings is 1. The van der Waals surface area contributed by atoms with Gasteiger partial charge in [0.05, 0.1) is 0 Å². The topological polar surface area (TPSA) is 42.2 Å². The summed E-state index contributed by atoms with van der Waals surface area (Å²) in [4.78, 5) is 11.8. The molecular weight excluding hydrogens is 250 g/mol. The molecule has 18 heavy (non-hydrogen) atoms. The Balaban J connectivity index is 1.92. The fourth-order valence-corrected chi connectivity index (χ4v) is 1.92. The van der Waals surface area contributed by atoms with Crippen LogP contribution >= 0.6 is 11.6 Å². The van der Waals surface area contributed by atoms with Crippen LogP contribution in [-0.2, 0) is 0 Å². The fraction of sp³-hybridized carbons (Fsp3) is 0.357. The zero-order valence-corrected chi connectivity index (χ0v) is 11.0. The number of carbonyl (C=O) groups excluding carboxylic acids is 1. The van der Waals surface area contributed by atoms with Gasteiger partial charge in [0.15, 0.2) is 5.76 Å². The Kier molecular flexibility index (Phi) is 4.26. The summed E-state index contributed by atoms with van der Waals surface area (Å²) in [6, 6.07) is 9.33. The normalized spacial score (nSPS) is 12.6. The van der Waals surface area contributed by atoms with E-state index in [1.165, 1.54) is 0 Å². The van der Waals surface area contributed by atoms with Gasteiger partial charge >= 0.3 is 0 Å². The molecule has 0 aliphatic heterocycles. The predicted octanol–water partition coefficient (Wildman–Crippen LogP) is 3.57. The van der Waals surface area contributed by atoms with E-state index in [1.807, 2.05) is 31.2 Å². The highest BCUT2D eigenvalue weighted by molar-refractivity contribution is 6.20. The molecule has 0 saturated carbocycles.